The molecule has 0 aliphatic carbocycles. The molecule has 3 aromatic carbocycles. The molecular formula is C32H26N4O6S4. The number of anilines is 1. The average Bonchev–Trinajstić information content (AvgIpc) is 3.50. The van der Waals surface area contributed by atoms with Crippen molar-refractivity contribution in [1.29, 1.82) is 0 Å². The molecule has 234 valence electrons. The SMILES string of the molecule is CCCCC(=O)Oc1ccc(N=Nc2ccc(S(=O)(=O)Nc3ccccn3)cc2)cc1C(=O)Oc1ccc(-c2cc(=S)ss2)cc1. The summed E-state index contributed by atoms with van der Waals surface area (Å²) in [5.41, 5.74) is 1.58. The van der Waals surface area contributed by atoms with Crippen LogP contribution in [0.4, 0.5) is 17.2 Å². The van der Waals surface area contributed by atoms with Gasteiger partial charge in [-0.25, -0.2) is 18.2 Å². The molecule has 0 radical (unpaired) electrons. The minimum atomic E-state index is -3.86. The molecule has 2 heterocycles. The predicted molar refractivity (Wildman–Crippen MR) is 181 cm³/mol. The van der Waals surface area contributed by atoms with Crippen molar-refractivity contribution < 1.29 is 27.5 Å². The second-order valence-corrected chi connectivity index (χ2v) is 14.3. The van der Waals surface area contributed by atoms with E-state index >= 15 is 0 Å². The molecule has 0 aliphatic heterocycles. The quantitative estimate of drug-likeness (QED) is 0.0450. The van der Waals surface area contributed by atoms with Crippen LogP contribution in [0, 0.1) is 3.82 Å². The van der Waals surface area contributed by atoms with Crippen molar-refractivity contribution in [3.8, 4) is 21.9 Å². The van der Waals surface area contributed by atoms with E-state index in [0.717, 1.165) is 20.7 Å². The molecular weight excluding hydrogens is 665 g/mol. The van der Waals surface area contributed by atoms with E-state index in [-0.39, 0.29) is 34.1 Å². The van der Waals surface area contributed by atoms with Crippen molar-refractivity contribution in [2.24, 2.45) is 10.2 Å². The number of rotatable bonds is 12. The maximum Gasteiger partial charge on any atom is 0.347 e. The number of carbonyl (C=O) groups excluding carboxylic acids is 2. The van der Waals surface area contributed by atoms with Gasteiger partial charge >= 0.3 is 11.9 Å². The minimum Gasteiger partial charge on any atom is -0.426 e. The van der Waals surface area contributed by atoms with Gasteiger partial charge in [0.1, 0.15) is 26.7 Å². The zero-order valence-corrected chi connectivity index (χ0v) is 27.5. The van der Waals surface area contributed by atoms with Gasteiger partial charge in [-0.3, -0.25) is 9.52 Å². The summed E-state index contributed by atoms with van der Waals surface area (Å²) in [5, 5.41) is 8.37. The summed E-state index contributed by atoms with van der Waals surface area (Å²) in [5.74, 6) is -0.683. The lowest BCUT2D eigenvalue weighted by Crippen LogP contribution is -2.14. The zero-order chi connectivity index (χ0) is 32.5. The lowest BCUT2D eigenvalue weighted by atomic mass is 10.1. The Balaban J connectivity index is 1.34. The third-order valence-corrected chi connectivity index (χ3v) is 10.6. The number of carbonyl (C=O) groups is 2. The maximum atomic E-state index is 13.3. The van der Waals surface area contributed by atoms with E-state index in [1.807, 2.05) is 25.1 Å². The van der Waals surface area contributed by atoms with Crippen molar-refractivity contribution >= 4 is 72.1 Å². The van der Waals surface area contributed by atoms with E-state index in [1.54, 1.807) is 46.7 Å². The average molecular weight is 691 g/mol. The van der Waals surface area contributed by atoms with Gasteiger partial charge < -0.3 is 9.47 Å². The van der Waals surface area contributed by atoms with Gasteiger partial charge in [0.05, 0.1) is 16.3 Å². The van der Waals surface area contributed by atoms with E-state index in [1.165, 1.54) is 52.9 Å². The van der Waals surface area contributed by atoms with Gasteiger partial charge in [0.15, 0.2) is 0 Å². The molecule has 5 rings (SSSR count). The van der Waals surface area contributed by atoms with Crippen molar-refractivity contribution in [2.45, 2.75) is 31.1 Å². The lowest BCUT2D eigenvalue weighted by Gasteiger charge is -2.11. The summed E-state index contributed by atoms with van der Waals surface area (Å²) in [6.45, 7) is 1.96. The Morgan fingerprint density at radius 1 is 0.891 bits per heavy atom. The van der Waals surface area contributed by atoms with Crippen LogP contribution in [0.15, 0.2) is 112 Å². The van der Waals surface area contributed by atoms with Crippen LogP contribution in [0.3, 0.4) is 0 Å². The summed E-state index contributed by atoms with van der Waals surface area (Å²) in [7, 11) is -0.775. The van der Waals surface area contributed by atoms with Crippen LogP contribution in [0.25, 0.3) is 10.4 Å². The molecule has 0 spiro atoms. The number of azo groups is 1. The first-order chi connectivity index (χ1) is 22.2. The predicted octanol–water partition coefficient (Wildman–Crippen LogP) is 9.13. The van der Waals surface area contributed by atoms with Gasteiger partial charge in [-0.05, 0) is 96.9 Å². The molecule has 2 aromatic heterocycles. The van der Waals surface area contributed by atoms with E-state index < -0.39 is 22.0 Å². The molecule has 46 heavy (non-hydrogen) atoms. The standard InChI is InChI=1S/C32H26N4O6S4/c1-2-3-7-30(37)42-27-17-12-23(19-26(27)32(38)41-24-13-8-21(9-14-24)28-20-31(43)45-44-28)35-34-22-10-15-25(16-11-22)46(39,40)36-29-6-4-5-18-33-29/h4-6,8-20H,2-3,7H2,1H3,(H,33,36). The molecule has 1 N–H and O–H groups in total. The van der Waals surface area contributed by atoms with E-state index in [9.17, 15) is 18.0 Å². The Morgan fingerprint density at radius 2 is 1.63 bits per heavy atom. The summed E-state index contributed by atoms with van der Waals surface area (Å²) in [6.07, 6.45) is 3.14. The summed E-state index contributed by atoms with van der Waals surface area (Å²) in [6, 6.07) is 24.0. The fraction of sp³-hybridized carbons (Fsp3) is 0.125. The maximum absolute atomic E-state index is 13.3. The highest BCUT2D eigenvalue weighted by molar-refractivity contribution is 7.92. The summed E-state index contributed by atoms with van der Waals surface area (Å²) in [4.78, 5) is 30.7. The smallest absolute Gasteiger partial charge is 0.347 e. The Morgan fingerprint density at radius 3 is 2.30 bits per heavy atom. The second kappa shape index (κ2) is 15.1. The molecule has 0 aliphatic rings. The van der Waals surface area contributed by atoms with Crippen LogP contribution < -0.4 is 14.2 Å². The molecule has 0 saturated carbocycles. The first kappa shape index (κ1) is 32.8. The molecule has 0 fully saturated rings. The Labute approximate surface area is 277 Å². The largest absolute Gasteiger partial charge is 0.426 e. The fourth-order valence-electron chi connectivity index (χ4n) is 3.97. The molecule has 0 bridgehead atoms. The monoisotopic (exact) mass is 690 g/mol. The third-order valence-electron chi connectivity index (χ3n) is 6.29. The van der Waals surface area contributed by atoms with E-state index in [0.29, 0.717) is 17.9 Å². The topological polar surface area (TPSA) is 136 Å². The number of nitrogens with zero attached hydrogens (tertiary/aromatic N) is 3. The van der Waals surface area contributed by atoms with E-state index in [2.05, 4.69) is 19.9 Å². The van der Waals surface area contributed by atoms with Crippen molar-refractivity contribution in [2.75, 3.05) is 4.72 Å². The van der Waals surface area contributed by atoms with E-state index in [4.69, 9.17) is 21.7 Å². The van der Waals surface area contributed by atoms with Gasteiger partial charge in [0.2, 0.25) is 0 Å². The van der Waals surface area contributed by atoms with Crippen molar-refractivity contribution in [1.82, 2.24) is 4.98 Å². The van der Waals surface area contributed by atoms with Crippen LogP contribution >= 0.6 is 32.9 Å². The van der Waals surface area contributed by atoms with Gasteiger partial charge in [0, 0.05) is 17.5 Å². The van der Waals surface area contributed by atoms with Gasteiger partial charge in [-0.2, -0.15) is 10.2 Å². The molecule has 10 nitrogen and oxygen atoms in total. The lowest BCUT2D eigenvalue weighted by molar-refractivity contribution is -0.134. The molecule has 5 aromatic rings. The number of aromatic nitrogens is 1. The fourth-order valence-corrected chi connectivity index (χ4v) is 7.38. The van der Waals surface area contributed by atoms with Crippen LogP contribution in [-0.4, -0.2) is 25.3 Å². The number of hydrogen-bond donors (Lipinski definition) is 1. The first-order valence-corrected chi connectivity index (χ1v) is 18.0. The van der Waals surface area contributed by atoms with Crippen LogP contribution in [-0.2, 0) is 14.8 Å². The van der Waals surface area contributed by atoms with Gasteiger partial charge in [-0.15, -0.1) is 0 Å². The van der Waals surface area contributed by atoms with Crippen LogP contribution in [0.1, 0.15) is 36.5 Å². The summed E-state index contributed by atoms with van der Waals surface area (Å²) >= 11 is 5.21. The third kappa shape index (κ3) is 8.75. The zero-order valence-electron chi connectivity index (χ0n) is 24.3. The van der Waals surface area contributed by atoms with Crippen LogP contribution in [0.5, 0.6) is 11.5 Å². The number of unbranched alkanes of at least 4 members (excludes halogenated alkanes) is 1. The first-order valence-electron chi connectivity index (χ1n) is 13.9. The molecule has 0 unspecified atom stereocenters. The summed E-state index contributed by atoms with van der Waals surface area (Å²) < 4.78 is 39.7. The number of esters is 2. The van der Waals surface area contributed by atoms with Crippen molar-refractivity contribution in [3.05, 3.63) is 107 Å². The number of hydrogen-bond acceptors (Lipinski definition) is 12. The number of nitrogens with one attached hydrogen (secondary N) is 1. The Bertz CT molecular complexity index is 2030. The Kier molecular flexibility index (Phi) is 10.8. The highest BCUT2D eigenvalue weighted by atomic mass is 32.9. The number of benzene rings is 3. The highest BCUT2D eigenvalue weighted by Gasteiger charge is 2.19. The molecule has 0 atom stereocenters. The minimum absolute atomic E-state index is 0.0109. The number of ether oxygens (including phenoxy) is 2. The van der Waals surface area contributed by atoms with Gasteiger partial charge in [0.25, 0.3) is 10.0 Å². The molecule has 14 heteroatoms. The number of pyridine rings is 1. The second-order valence-electron chi connectivity index (χ2n) is 9.68. The number of sulfonamides is 1. The Hall–Kier alpha value is -4.63. The molecule has 0 saturated heterocycles. The van der Waals surface area contributed by atoms with Crippen LogP contribution in [0.2, 0.25) is 0 Å². The van der Waals surface area contributed by atoms with Gasteiger partial charge in [-0.1, -0.05) is 52.3 Å². The normalized spacial score (nSPS) is 11.3. The molecule has 0 amide bonds. The highest BCUT2D eigenvalue weighted by Crippen LogP contribution is 2.32. The van der Waals surface area contributed by atoms with Crippen molar-refractivity contribution in [3.63, 3.8) is 0 Å².